The average Bonchev–Trinajstić information content (AvgIpc) is 3.07. The maximum Gasteiger partial charge on any atom is 0.339 e. The number of rotatable bonds is 3. The van der Waals surface area contributed by atoms with Crippen molar-refractivity contribution >= 4 is 27.1 Å². The van der Waals surface area contributed by atoms with Crippen LogP contribution in [0.3, 0.4) is 0 Å². The van der Waals surface area contributed by atoms with Gasteiger partial charge in [-0.1, -0.05) is 0 Å². The van der Waals surface area contributed by atoms with Crippen molar-refractivity contribution in [1.82, 2.24) is 14.8 Å². The Morgan fingerprint density at radius 3 is 2.81 bits per heavy atom. The number of aromatic carboxylic acids is 1. The minimum absolute atomic E-state index is 0.0297. The van der Waals surface area contributed by atoms with Gasteiger partial charge in [0, 0.05) is 17.8 Å². The molecule has 0 aliphatic carbocycles. The molecule has 2 aromatic rings. The number of carboxylic acid groups (broad SMARTS) is 1. The summed E-state index contributed by atoms with van der Waals surface area (Å²) < 4.78 is 24.9. The van der Waals surface area contributed by atoms with Gasteiger partial charge in [0.2, 0.25) is 0 Å². The summed E-state index contributed by atoms with van der Waals surface area (Å²) in [5.74, 6) is -1.04. The van der Waals surface area contributed by atoms with Crippen LogP contribution in [0.4, 0.5) is 0 Å². The van der Waals surface area contributed by atoms with Crippen molar-refractivity contribution in [2.45, 2.75) is 18.9 Å². The van der Waals surface area contributed by atoms with Gasteiger partial charge in [-0.2, -0.15) is 5.10 Å². The summed E-state index contributed by atoms with van der Waals surface area (Å²) in [5.41, 5.74) is -0.392. The van der Waals surface area contributed by atoms with Crippen molar-refractivity contribution in [3.8, 4) is 10.7 Å². The Labute approximate surface area is 125 Å². The fourth-order valence-corrected chi connectivity index (χ4v) is 5.23. The fourth-order valence-electron chi connectivity index (χ4n) is 2.48. The van der Waals surface area contributed by atoms with E-state index in [1.807, 2.05) is 0 Å². The van der Waals surface area contributed by atoms with Crippen LogP contribution in [-0.2, 0) is 15.4 Å². The summed E-state index contributed by atoms with van der Waals surface area (Å²) >= 11 is 1.29. The normalized spacial score (nSPS) is 24.2. The van der Waals surface area contributed by atoms with E-state index in [0.717, 1.165) is 0 Å². The molecule has 21 heavy (non-hydrogen) atoms. The van der Waals surface area contributed by atoms with Crippen molar-refractivity contribution in [3.05, 3.63) is 23.3 Å². The number of hydrogen-bond acceptors (Lipinski definition) is 6. The molecule has 9 heteroatoms. The molecule has 0 saturated carbocycles. The third-order valence-electron chi connectivity index (χ3n) is 3.62. The summed E-state index contributed by atoms with van der Waals surface area (Å²) in [6, 6.07) is 0. The third kappa shape index (κ3) is 2.46. The highest BCUT2D eigenvalue weighted by molar-refractivity contribution is 7.91. The van der Waals surface area contributed by atoms with E-state index < -0.39 is 21.3 Å². The SMILES string of the molecule is CC1(n2cc(C(=O)O)c(-c3nccs3)n2)CCS(=O)(=O)C1. The summed E-state index contributed by atoms with van der Waals surface area (Å²) in [7, 11) is -3.10. The summed E-state index contributed by atoms with van der Waals surface area (Å²) in [5, 5.41) is 15.9. The zero-order valence-electron chi connectivity index (χ0n) is 11.2. The Morgan fingerprint density at radius 2 is 2.29 bits per heavy atom. The van der Waals surface area contributed by atoms with Gasteiger partial charge in [-0.25, -0.2) is 18.2 Å². The lowest BCUT2D eigenvalue weighted by Crippen LogP contribution is -2.31. The first-order valence-corrected chi connectivity index (χ1v) is 8.95. The van der Waals surface area contributed by atoms with Crippen molar-refractivity contribution in [2.24, 2.45) is 0 Å². The van der Waals surface area contributed by atoms with Crippen LogP contribution in [0.1, 0.15) is 23.7 Å². The van der Waals surface area contributed by atoms with Crippen LogP contribution >= 0.6 is 11.3 Å². The molecule has 1 N–H and O–H groups in total. The van der Waals surface area contributed by atoms with E-state index in [2.05, 4.69) is 10.1 Å². The lowest BCUT2D eigenvalue weighted by Gasteiger charge is -2.22. The lowest BCUT2D eigenvalue weighted by molar-refractivity contribution is 0.0697. The maximum atomic E-state index is 11.7. The molecule has 1 atom stereocenters. The first-order chi connectivity index (χ1) is 9.81. The van der Waals surface area contributed by atoms with Gasteiger partial charge in [-0.05, 0) is 13.3 Å². The largest absolute Gasteiger partial charge is 0.478 e. The van der Waals surface area contributed by atoms with Gasteiger partial charge in [-0.15, -0.1) is 11.3 Å². The molecule has 0 bridgehead atoms. The van der Waals surface area contributed by atoms with Gasteiger partial charge in [0.15, 0.2) is 9.84 Å². The molecule has 7 nitrogen and oxygen atoms in total. The smallest absolute Gasteiger partial charge is 0.339 e. The average molecular weight is 327 g/mol. The second kappa shape index (κ2) is 4.63. The molecule has 1 aliphatic rings. The highest BCUT2D eigenvalue weighted by Crippen LogP contribution is 2.33. The van der Waals surface area contributed by atoms with Gasteiger partial charge in [0.05, 0.1) is 17.0 Å². The van der Waals surface area contributed by atoms with Crippen LogP contribution in [0, 0.1) is 0 Å². The summed E-state index contributed by atoms with van der Waals surface area (Å²) in [4.78, 5) is 15.5. The molecule has 112 valence electrons. The number of aromatic nitrogens is 3. The number of carboxylic acids is 1. The van der Waals surface area contributed by atoms with E-state index in [-0.39, 0.29) is 22.8 Å². The van der Waals surface area contributed by atoms with E-state index in [0.29, 0.717) is 11.4 Å². The van der Waals surface area contributed by atoms with Crippen molar-refractivity contribution in [1.29, 1.82) is 0 Å². The van der Waals surface area contributed by atoms with Crippen LogP contribution in [0.2, 0.25) is 0 Å². The highest BCUT2D eigenvalue weighted by Gasteiger charge is 2.41. The van der Waals surface area contributed by atoms with Crippen molar-refractivity contribution < 1.29 is 18.3 Å². The zero-order valence-corrected chi connectivity index (χ0v) is 12.8. The van der Waals surface area contributed by atoms with E-state index in [4.69, 9.17) is 0 Å². The molecule has 0 amide bonds. The van der Waals surface area contributed by atoms with E-state index in [9.17, 15) is 18.3 Å². The van der Waals surface area contributed by atoms with Crippen LogP contribution in [-0.4, -0.2) is 45.8 Å². The third-order valence-corrected chi connectivity index (χ3v) is 6.28. The molecule has 1 saturated heterocycles. The lowest BCUT2D eigenvalue weighted by atomic mass is 10.0. The van der Waals surface area contributed by atoms with Crippen molar-refractivity contribution in [3.63, 3.8) is 0 Å². The van der Waals surface area contributed by atoms with E-state index >= 15 is 0 Å². The second-order valence-corrected chi connectivity index (χ2v) is 8.40. The Hall–Kier alpha value is -1.74. The molecule has 3 heterocycles. The van der Waals surface area contributed by atoms with Crippen LogP contribution in [0.5, 0.6) is 0 Å². The number of hydrogen-bond donors (Lipinski definition) is 1. The topological polar surface area (TPSA) is 102 Å². The van der Waals surface area contributed by atoms with Gasteiger partial charge < -0.3 is 5.11 Å². The van der Waals surface area contributed by atoms with Crippen LogP contribution in [0.25, 0.3) is 10.7 Å². The molecule has 2 aromatic heterocycles. The van der Waals surface area contributed by atoms with Gasteiger partial charge in [0.1, 0.15) is 16.3 Å². The first-order valence-electron chi connectivity index (χ1n) is 6.24. The molecular formula is C12H13N3O4S2. The first kappa shape index (κ1) is 14.2. The monoisotopic (exact) mass is 327 g/mol. The summed E-state index contributed by atoms with van der Waals surface area (Å²) in [6.07, 6.45) is 3.40. The van der Waals surface area contributed by atoms with Crippen LogP contribution in [0.15, 0.2) is 17.8 Å². The minimum atomic E-state index is -3.10. The zero-order chi connectivity index (χ0) is 15.3. The second-order valence-electron chi connectivity index (χ2n) is 5.32. The van der Waals surface area contributed by atoms with Gasteiger partial charge in [-0.3, -0.25) is 4.68 Å². The molecule has 1 aliphatic heterocycles. The number of carbonyl (C=O) groups is 1. The molecule has 0 aromatic carbocycles. The predicted octanol–water partition coefficient (Wildman–Crippen LogP) is 1.24. The minimum Gasteiger partial charge on any atom is -0.478 e. The highest BCUT2D eigenvalue weighted by atomic mass is 32.2. The predicted molar refractivity (Wildman–Crippen MR) is 77.2 cm³/mol. The number of nitrogens with zero attached hydrogens (tertiary/aromatic N) is 3. The van der Waals surface area contributed by atoms with Crippen molar-refractivity contribution in [2.75, 3.05) is 11.5 Å². The Kier molecular flexibility index (Phi) is 3.14. The van der Waals surface area contributed by atoms with Crippen LogP contribution < -0.4 is 0 Å². The van der Waals surface area contributed by atoms with Gasteiger partial charge in [0.25, 0.3) is 0 Å². The Bertz CT molecular complexity index is 795. The fraction of sp³-hybridized carbons (Fsp3) is 0.417. The Morgan fingerprint density at radius 1 is 1.52 bits per heavy atom. The molecule has 0 spiro atoms. The maximum absolute atomic E-state index is 11.7. The molecule has 0 radical (unpaired) electrons. The number of thiazole rings is 1. The summed E-state index contributed by atoms with van der Waals surface area (Å²) in [6.45, 7) is 1.78. The van der Waals surface area contributed by atoms with Gasteiger partial charge >= 0.3 is 5.97 Å². The Balaban J connectivity index is 2.10. The van der Waals surface area contributed by atoms with E-state index in [1.165, 1.54) is 22.2 Å². The number of sulfone groups is 1. The quantitative estimate of drug-likeness (QED) is 0.910. The molecule has 1 fully saturated rings. The van der Waals surface area contributed by atoms with E-state index in [1.54, 1.807) is 18.5 Å². The molecular weight excluding hydrogens is 314 g/mol. The molecule has 3 rings (SSSR count). The molecule has 1 unspecified atom stereocenters. The standard InChI is InChI=1S/C12H13N3O4S2/c1-12(2-5-21(18,19)7-12)15-6-8(11(16)17)9(14-15)10-13-3-4-20-10/h3-4,6H,2,5,7H2,1H3,(H,16,17).